The Morgan fingerprint density at radius 1 is 0.783 bits per heavy atom. The van der Waals surface area contributed by atoms with Crippen LogP contribution in [0.2, 0.25) is 0 Å². The summed E-state index contributed by atoms with van der Waals surface area (Å²) in [5, 5.41) is 0. The summed E-state index contributed by atoms with van der Waals surface area (Å²) in [7, 11) is 0. The van der Waals surface area contributed by atoms with E-state index < -0.39 is 0 Å². The molecule has 0 bridgehead atoms. The molecule has 0 saturated heterocycles. The minimum atomic E-state index is 0.938. The number of rotatable bonds is 3. The van der Waals surface area contributed by atoms with Crippen LogP contribution in [-0.4, -0.2) is 14.1 Å². The van der Waals surface area contributed by atoms with Gasteiger partial charge in [0.05, 0.1) is 0 Å². The van der Waals surface area contributed by atoms with E-state index in [4.69, 9.17) is 4.98 Å². The van der Waals surface area contributed by atoms with Crippen molar-refractivity contribution in [1.29, 1.82) is 0 Å². The highest BCUT2D eigenvalue weighted by Crippen LogP contribution is 2.24. The fourth-order valence-electron chi connectivity index (χ4n) is 3.04. The number of hydrogen-bond donors (Lipinski definition) is 0. The van der Waals surface area contributed by atoms with Gasteiger partial charge in [0.15, 0.2) is 0 Å². The van der Waals surface area contributed by atoms with Crippen LogP contribution in [0.15, 0.2) is 43.0 Å². The highest BCUT2D eigenvalue weighted by atomic mass is 15.1. The Labute approximate surface area is 137 Å². The van der Waals surface area contributed by atoms with Crippen LogP contribution in [0.25, 0.3) is 17.2 Å². The van der Waals surface area contributed by atoms with Gasteiger partial charge in [0.25, 0.3) is 0 Å². The molecule has 0 N–H and O–H groups in total. The maximum atomic E-state index is 4.93. The molecule has 0 radical (unpaired) electrons. The second kappa shape index (κ2) is 5.58. The van der Waals surface area contributed by atoms with Crippen LogP contribution in [0.1, 0.15) is 35.3 Å². The van der Waals surface area contributed by atoms with Crippen LogP contribution in [0.3, 0.4) is 0 Å². The second-order valence-electron chi connectivity index (χ2n) is 6.26. The van der Waals surface area contributed by atoms with Crippen molar-refractivity contribution >= 4 is 5.57 Å². The highest BCUT2D eigenvalue weighted by Gasteiger charge is 2.12. The third kappa shape index (κ3) is 2.63. The fourth-order valence-corrected chi connectivity index (χ4v) is 3.04. The molecule has 0 aromatic carbocycles. The molecule has 0 aliphatic carbocycles. The molecule has 0 aliphatic rings. The summed E-state index contributed by atoms with van der Waals surface area (Å²) >= 11 is 0. The molecule has 23 heavy (non-hydrogen) atoms. The normalized spacial score (nSPS) is 11.0. The van der Waals surface area contributed by atoms with Gasteiger partial charge in [0.2, 0.25) is 0 Å². The summed E-state index contributed by atoms with van der Waals surface area (Å²) < 4.78 is 4.37. The average Bonchev–Trinajstić information content (AvgIpc) is 3.01. The lowest BCUT2D eigenvalue weighted by Crippen LogP contribution is -2.08. The smallest absolute Gasteiger partial charge is 0.140 e. The van der Waals surface area contributed by atoms with Crippen molar-refractivity contribution < 1.29 is 0 Å². The first-order valence-electron chi connectivity index (χ1n) is 7.87. The lowest BCUT2D eigenvalue weighted by atomic mass is 10.1. The SMILES string of the molecule is C=C(C)c1cc(-n2c(C)ccc2C)nc(-n2c(C)ccc2C)c1. The van der Waals surface area contributed by atoms with Crippen LogP contribution in [-0.2, 0) is 0 Å². The molecule has 0 spiro atoms. The summed E-state index contributed by atoms with van der Waals surface area (Å²) in [5.41, 5.74) is 6.88. The predicted octanol–water partition coefficient (Wildman–Crippen LogP) is 4.93. The number of allylic oxidation sites excluding steroid dienone is 1. The molecule has 0 fully saturated rings. The van der Waals surface area contributed by atoms with E-state index >= 15 is 0 Å². The van der Waals surface area contributed by atoms with Crippen molar-refractivity contribution in [2.24, 2.45) is 0 Å². The molecule has 0 atom stereocenters. The van der Waals surface area contributed by atoms with E-state index in [0.29, 0.717) is 0 Å². The average molecular weight is 305 g/mol. The lowest BCUT2D eigenvalue weighted by molar-refractivity contribution is 0.872. The minimum absolute atomic E-state index is 0.938. The van der Waals surface area contributed by atoms with E-state index in [9.17, 15) is 0 Å². The Morgan fingerprint density at radius 2 is 1.13 bits per heavy atom. The predicted molar refractivity (Wildman–Crippen MR) is 96.5 cm³/mol. The zero-order valence-corrected chi connectivity index (χ0v) is 14.5. The van der Waals surface area contributed by atoms with Gasteiger partial charge >= 0.3 is 0 Å². The molecule has 3 aromatic heterocycles. The van der Waals surface area contributed by atoms with E-state index in [2.05, 4.69) is 79.8 Å². The van der Waals surface area contributed by atoms with Gasteiger partial charge in [-0.1, -0.05) is 12.2 Å². The van der Waals surface area contributed by atoms with E-state index in [1.54, 1.807) is 0 Å². The lowest BCUT2D eigenvalue weighted by Gasteiger charge is -2.15. The van der Waals surface area contributed by atoms with E-state index in [-0.39, 0.29) is 0 Å². The Balaban J connectivity index is 2.29. The standard InChI is InChI=1S/C20H23N3/c1-13(2)18-11-19(22-14(3)7-8-15(22)4)21-20(12-18)23-16(5)9-10-17(23)6/h7-12H,1H2,2-6H3. The van der Waals surface area contributed by atoms with Crippen molar-refractivity contribution in [2.75, 3.05) is 0 Å². The molecule has 3 rings (SSSR count). The van der Waals surface area contributed by atoms with Gasteiger partial charge in [0, 0.05) is 22.8 Å². The fraction of sp³-hybridized carbons (Fsp3) is 0.250. The number of aromatic nitrogens is 3. The number of aryl methyl sites for hydroxylation is 4. The van der Waals surface area contributed by atoms with Gasteiger partial charge in [-0.15, -0.1) is 0 Å². The Bertz CT molecular complexity index is 790. The summed E-state index contributed by atoms with van der Waals surface area (Å²) in [5.74, 6) is 1.88. The van der Waals surface area contributed by atoms with Gasteiger partial charge in [0.1, 0.15) is 11.6 Å². The molecule has 118 valence electrons. The van der Waals surface area contributed by atoms with Crippen molar-refractivity contribution in [1.82, 2.24) is 14.1 Å². The molecule has 3 nitrogen and oxygen atoms in total. The van der Waals surface area contributed by atoms with E-state index in [1.165, 1.54) is 22.8 Å². The van der Waals surface area contributed by atoms with E-state index in [0.717, 1.165) is 22.8 Å². The number of hydrogen-bond acceptors (Lipinski definition) is 1. The Hall–Kier alpha value is -2.55. The Kier molecular flexibility index (Phi) is 3.72. The van der Waals surface area contributed by atoms with Crippen molar-refractivity contribution in [2.45, 2.75) is 34.6 Å². The topological polar surface area (TPSA) is 22.8 Å². The number of nitrogens with zero attached hydrogens (tertiary/aromatic N) is 3. The first-order valence-corrected chi connectivity index (χ1v) is 7.87. The van der Waals surface area contributed by atoms with E-state index in [1.807, 2.05) is 6.92 Å². The highest BCUT2D eigenvalue weighted by molar-refractivity contribution is 5.65. The molecular formula is C20H23N3. The number of pyridine rings is 1. The third-order valence-corrected chi connectivity index (χ3v) is 4.29. The van der Waals surface area contributed by atoms with Gasteiger partial charge in [-0.2, -0.15) is 0 Å². The maximum absolute atomic E-state index is 4.93. The summed E-state index contributed by atoms with van der Waals surface area (Å²) in [6.45, 7) is 14.6. The molecule has 0 saturated carbocycles. The van der Waals surface area contributed by atoms with Gasteiger partial charge in [-0.3, -0.25) is 0 Å². The van der Waals surface area contributed by atoms with Gasteiger partial charge in [-0.25, -0.2) is 4.98 Å². The summed E-state index contributed by atoms with van der Waals surface area (Å²) in [6.07, 6.45) is 0. The monoisotopic (exact) mass is 305 g/mol. The van der Waals surface area contributed by atoms with Crippen molar-refractivity contribution in [3.8, 4) is 11.6 Å². The molecule has 3 heterocycles. The van der Waals surface area contributed by atoms with Crippen LogP contribution >= 0.6 is 0 Å². The van der Waals surface area contributed by atoms with Gasteiger partial charge < -0.3 is 9.13 Å². The molecule has 0 amide bonds. The minimum Gasteiger partial charge on any atom is -0.303 e. The third-order valence-electron chi connectivity index (χ3n) is 4.29. The summed E-state index contributed by atoms with van der Waals surface area (Å²) in [6, 6.07) is 12.7. The first kappa shape index (κ1) is 15.3. The summed E-state index contributed by atoms with van der Waals surface area (Å²) in [4.78, 5) is 4.93. The van der Waals surface area contributed by atoms with Crippen molar-refractivity contribution in [3.63, 3.8) is 0 Å². The van der Waals surface area contributed by atoms with Crippen LogP contribution in [0, 0.1) is 27.7 Å². The van der Waals surface area contributed by atoms with Crippen molar-refractivity contribution in [3.05, 3.63) is 71.3 Å². The quantitative estimate of drug-likeness (QED) is 0.672. The molecular weight excluding hydrogens is 282 g/mol. The largest absolute Gasteiger partial charge is 0.303 e. The first-order chi connectivity index (χ1) is 10.9. The maximum Gasteiger partial charge on any atom is 0.140 e. The van der Waals surface area contributed by atoms with Crippen LogP contribution < -0.4 is 0 Å². The Morgan fingerprint density at radius 3 is 1.43 bits per heavy atom. The molecule has 3 aromatic rings. The second-order valence-corrected chi connectivity index (χ2v) is 6.26. The van der Waals surface area contributed by atoms with Gasteiger partial charge in [-0.05, 0) is 76.6 Å². The molecule has 3 heteroatoms. The molecule has 0 unspecified atom stereocenters. The van der Waals surface area contributed by atoms with Crippen LogP contribution in [0.5, 0.6) is 0 Å². The van der Waals surface area contributed by atoms with Crippen LogP contribution in [0.4, 0.5) is 0 Å². The zero-order chi connectivity index (χ0) is 16.7. The zero-order valence-electron chi connectivity index (χ0n) is 14.5. The molecule has 0 aliphatic heterocycles.